The smallest absolute Gasteiger partial charge is 0.262 e. The molecular formula is C18H20N4O5. The topological polar surface area (TPSA) is 138 Å². The van der Waals surface area contributed by atoms with Crippen LogP contribution in [0.15, 0.2) is 35.1 Å². The van der Waals surface area contributed by atoms with Crippen LogP contribution in [0.2, 0.25) is 0 Å². The van der Waals surface area contributed by atoms with E-state index in [1.165, 1.54) is 0 Å². The fourth-order valence-corrected chi connectivity index (χ4v) is 3.13. The van der Waals surface area contributed by atoms with Gasteiger partial charge < -0.3 is 20.8 Å². The van der Waals surface area contributed by atoms with Gasteiger partial charge in [-0.25, -0.2) is 0 Å². The van der Waals surface area contributed by atoms with Gasteiger partial charge in [-0.1, -0.05) is 12.1 Å². The first kappa shape index (κ1) is 18.8. The number of aliphatic hydroxyl groups is 2. The molecule has 27 heavy (non-hydrogen) atoms. The fraction of sp³-hybridized carbons (Fsp3) is 0.278. The van der Waals surface area contributed by atoms with Gasteiger partial charge in [-0.15, -0.1) is 0 Å². The Morgan fingerprint density at radius 3 is 2.33 bits per heavy atom. The molecule has 3 rings (SSSR count). The number of hydrogen-bond acceptors (Lipinski definition) is 7. The summed E-state index contributed by atoms with van der Waals surface area (Å²) in [6.45, 7) is -0.226. The summed E-state index contributed by atoms with van der Waals surface area (Å²) in [5.74, 6) is -1.43. The van der Waals surface area contributed by atoms with Crippen LogP contribution in [0.3, 0.4) is 0 Å². The van der Waals surface area contributed by atoms with Crippen LogP contribution in [0.5, 0.6) is 0 Å². The Kier molecular flexibility index (Phi) is 4.83. The van der Waals surface area contributed by atoms with Crippen molar-refractivity contribution in [3.63, 3.8) is 0 Å². The maximum absolute atomic E-state index is 12.4. The summed E-state index contributed by atoms with van der Waals surface area (Å²) in [5.41, 5.74) is 6.30. The van der Waals surface area contributed by atoms with E-state index >= 15 is 0 Å². The normalized spacial score (nSPS) is 15.6. The monoisotopic (exact) mass is 372 g/mol. The van der Waals surface area contributed by atoms with Gasteiger partial charge in [0.1, 0.15) is 5.82 Å². The van der Waals surface area contributed by atoms with Gasteiger partial charge in [0.05, 0.1) is 35.6 Å². The highest BCUT2D eigenvalue weighted by atomic mass is 16.3. The van der Waals surface area contributed by atoms with Crippen LogP contribution in [0.1, 0.15) is 32.4 Å². The Morgan fingerprint density at radius 1 is 1.15 bits per heavy atom. The minimum atomic E-state index is -0.934. The Labute approximate surface area is 154 Å². The lowest BCUT2D eigenvalue weighted by molar-refractivity contribution is 0.0389. The number of rotatable bonds is 5. The predicted octanol–water partition coefficient (Wildman–Crippen LogP) is -0.741. The van der Waals surface area contributed by atoms with Gasteiger partial charge in [-0.3, -0.25) is 24.3 Å². The molecule has 1 aliphatic heterocycles. The van der Waals surface area contributed by atoms with Gasteiger partial charge in [-0.2, -0.15) is 0 Å². The number of nitrogens with one attached hydrogen (secondary N) is 1. The van der Waals surface area contributed by atoms with E-state index in [4.69, 9.17) is 5.73 Å². The standard InChI is InChI=1S/C18H20N4O5/c1-21(2)12(8-23)15(25)9-3-5-10(6-4-9)22-13(24)7-11-14(16(22)19)18(27)20-17(11)26/h3-7,12,15,23,25H,8,19H2,1-2H3,(H,20,26,27). The van der Waals surface area contributed by atoms with Gasteiger partial charge in [0, 0.05) is 6.07 Å². The number of likely N-dealkylation sites (N-methyl/N-ethyl adjacent to an activating group) is 1. The van der Waals surface area contributed by atoms with Crippen LogP contribution in [0.4, 0.5) is 5.82 Å². The number of nitrogen functional groups attached to an aromatic ring is 1. The SMILES string of the molecule is CN(C)C(CO)C(O)c1ccc(-n2c(N)c3c(cc2=O)C(=O)NC3=O)cc1. The molecule has 2 aromatic rings. The number of carbonyl (C=O) groups is 2. The van der Waals surface area contributed by atoms with E-state index in [0.29, 0.717) is 11.3 Å². The van der Waals surface area contributed by atoms with E-state index < -0.39 is 29.5 Å². The van der Waals surface area contributed by atoms with Gasteiger partial charge in [0.2, 0.25) is 0 Å². The third-order valence-corrected chi connectivity index (χ3v) is 4.66. The number of carbonyl (C=O) groups excluding carboxylic acids is 2. The van der Waals surface area contributed by atoms with E-state index in [9.17, 15) is 24.6 Å². The minimum Gasteiger partial charge on any atom is -0.395 e. The first-order valence-corrected chi connectivity index (χ1v) is 8.23. The van der Waals surface area contributed by atoms with Gasteiger partial charge in [-0.05, 0) is 31.8 Å². The second kappa shape index (κ2) is 6.95. The quantitative estimate of drug-likeness (QED) is 0.507. The van der Waals surface area contributed by atoms with Crippen molar-refractivity contribution in [1.82, 2.24) is 14.8 Å². The van der Waals surface area contributed by atoms with Crippen LogP contribution >= 0.6 is 0 Å². The predicted molar refractivity (Wildman–Crippen MR) is 97.8 cm³/mol. The second-order valence-electron chi connectivity index (χ2n) is 6.53. The zero-order valence-electron chi connectivity index (χ0n) is 14.8. The highest BCUT2D eigenvalue weighted by Crippen LogP contribution is 2.25. The van der Waals surface area contributed by atoms with E-state index in [1.807, 2.05) is 0 Å². The molecule has 0 aliphatic carbocycles. The lowest BCUT2D eigenvalue weighted by Gasteiger charge is -2.27. The van der Waals surface area contributed by atoms with Crippen LogP contribution < -0.4 is 16.6 Å². The third-order valence-electron chi connectivity index (χ3n) is 4.66. The molecule has 0 spiro atoms. The number of aliphatic hydroxyl groups excluding tert-OH is 2. The number of fused-ring (bicyclic) bond motifs is 1. The van der Waals surface area contributed by atoms with E-state index in [2.05, 4.69) is 5.32 Å². The average Bonchev–Trinajstić information content (AvgIpc) is 2.89. The third kappa shape index (κ3) is 3.12. The molecule has 142 valence electrons. The van der Waals surface area contributed by atoms with Crippen LogP contribution in [0, 0.1) is 0 Å². The number of pyridine rings is 1. The summed E-state index contributed by atoms with van der Waals surface area (Å²) in [7, 11) is 3.49. The molecule has 0 radical (unpaired) electrons. The number of benzene rings is 1. The highest BCUT2D eigenvalue weighted by Gasteiger charge is 2.32. The van der Waals surface area contributed by atoms with Crippen molar-refractivity contribution in [2.75, 3.05) is 26.4 Å². The van der Waals surface area contributed by atoms with E-state index in [1.54, 1.807) is 43.3 Å². The average molecular weight is 372 g/mol. The maximum Gasteiger partial charge on any atom is 0.262 e. The Bertz CT molecular complexity index is 965. The molecule has 0 bridgehead atoms. The largest absolute Gasteiger partial charge is 0.395 e. The molecule has 1 aromatic heterocycles. The van der Waals surface area contributed by atoms with Crippen molar-refractivity contribution >= 4 is 17.6 Å². The lowest BCUT2D eigenvalue weighted by Crippen LogP contribution is -2.37. The molecule has 0 saturated carbocycles. The lowest BCUT2D eigenvalue weighted by atomic mass is 10.0. The van der Waals surface area contributed by atoms with Crippen molar-refractivity contribution in [2.24, 2.45) is 0 Å². The molecule has 5 N–H and O–H groups in total. The zero-order valence-corrected chi connectivity index (χ0v) is 14.8. The van der Waals surface area contributed by atoms with Crippen molar-refractivity contribution < 1.29 is 19.8 Å². The molecule has 2 amide bonds. The summed E-state index contributed by atoms with van der Waals surface area (Å²) < 4.78 is 1.13. The van der Waals surface area contributed by atoms with Crippen molar-refractivity contribution in [1.29, 1.82) is 0 Å². The number of nitrogens with two attached hydrogens (primary N) is 1. The molecule has 9 heteroatoms. The minimum absolute atomic E-state index is 0.0309. The number of anilines is 1. The first-order valence-electron chi connectivity index (χ1n) is 8.23. The number of hydrogen-bond donors (Lipinski definition) is 4. The summed E-state index contributed by atoms with van der Waals surface area (Å²) in [5, 5.41) is 22.0. The van der Waals surface area contributed by atoms with Crippen molar-refractivity contribution in [3.8, 4) is 5.69 Å². The molecular weight excluding hydrogens is 352 g/mol. The molecule has 2 atom stereocenters. The van der Waals surface area contributed by atoms with Crippen LogP contribution in [-0.4, -0.2) is 58.2 Å². The Balaban J connectivity index is 2.02. The summed E-state index contributed by atoms with van der Waals surface area (Å²) in [6.07, 6.45) is -0.934. The maximum atomic E-state index is 12.4. The number of amides is 2. The molecule has 9 nitrogen and oxygen atoms in total. The molecule has 0 fully saturated rings. The molecule has 0 saturated heterocycles. The fourth-order valence-electron chi connectivity index (χ4n) is 3.13. The van der Waals surface area contributed by atoms with Gasteiger partial charge in [0.15, 0.2) is 0 Å². The van der Waals surface area contributed by atoms with E-state index in [0.717, 1.165) is 10.6 Å². The van der Waals surface area contributed by atoms with Crippen molar-refractivity contribution in [2.45, 2.75) is 12.1 Å². The summed E-state index contributed by atoms with van der Waals surface area (Å²) in [6, 6.07) is 6.94. The summed E-state index contributed by atoms with van der Waals surface area (Å²) >= 11 is 0. The molecule has 2 heterocycles. The number of aromatic nitrogens is 1. The zero-order chi connectivity index (χ0) is 19.9. The Hall–Kier alpha value is -3.01. The van der Waals surface area contributed by atoms with Gasteiger partial charge in [0.25, 0.3) is 17.4 Å². The summed E-state index contributed by atoms with van der Waals surface area (Å²) in [4.78, 5) is 37.7. The highest BCUT2D eigenvalue weighted by molar-refractivity contribution is 6.23. The Morgan fingerprint density at radius 2 is 1.78 bits per heavy atom. The molecule has 1 aromatic carbocycles. The number of imide groups is 1. The molecule has 2 unspecified atom stereocenters. The molecule has 1 aliphatic rings. The first-order chi connectivity index (χ1) is 12.8. The van der Waals surface area contributed by atoms with Gasteiger partial charge >= 0.3 is 0 Å². The van der Waals surface area contributed by atoms with E-state index in [-0.39, 0.29) is 23.6 Å². The number of nitrogens with zero attached hydrogens (tertiary/aromatic N) is 2. The van der Waals surface area contributed by atoms with Crippen LogP contribution in [0.25, 0.3) is 5.69 Å². The second-order valence-corrected chi connectivity index (χ2v) is 6.53. The van der Waals surface area contributed by atoms with Crippen LogP contribution in [-0.2, 0) is 0 Å². The van der Waals surface area contributed by atoms with Crippen molar-refractivity contribution in [3.05, 3.63) is 57.4 Å².